The first-order valence-electron chi connectivity index (χ1n) is 5.52. The Morgan fingerprint density at radius 2 is 1.67 bits per heavy atom. The summed E-state index contributed by atoms with van der Waals surface area (Å²) >= 11 is 0. The zero-order valence-electron chi connectivity index (χ0n) is 10.6. The van der Waals surface area contributed by atoms with Gasteiger partial charge < -0.3 is 14.8 Å². The van der Waals surface area contributed by atoms with E-state index in [0.717, 1.165) is 11.3 Å². The lowest BCUT2D eigenvalue weighted by Crippen LogP contribution is -2.01. The smallest absolute Gasteiger partial charge is 0.233 e. The summed E-state index contributed by atoms with van der Waals surface area (Å²) in [6.45, 7) is 2.03. The summed E-state index contributed by atoms with van der Waals surface area (Å²) in [7, 11) is 3.11. The molecule has 0 bridgehead atoms. The molecule has 1 N–H and O–H groups in total. The van der Waals surface area contributed by atoms with E-state index >= 15 is 0 Å². The largest absolute Gasteiger partial charge is 0.481 e. The fraction of sp³-hybridized carbons (Fsp3) is 0.231. The SMILES string of the molecule is COc1cc(OC)nc(Nc2cccc(C)c2)n1. The summed E-state index contributed by atoms with van der Waals surface area (Å²) in [6, 6.07) is 9.58. The average molecular weight is 245 g/mol. The van der Waals surface area contributed by atoms with Crippen LogP contribution in [0.1, 0.15) is 5.56 Å². The quantitative estimate of drug-likeness (QED) is 0.897. The van der Waals surface area contributed by atoms with Crippen molar-refractivity contribution in [3.63, 3.8) is 0 Å². The number of nitrogens with one attached hydrogen (secondary N) is 1. The van der Waals surface area contributed by atoms with Crippen LogP contribution in [0.5, 0.6) is 11.8 Å². The second-order valence-corrected chi connectivity index (χ2v) is 3.77. The molecule has 18 heavy (non-hydrogen) atoms. The number of aryl methyl sites for hydroxylation is 1. The third kappa shape index (κ3) is 2.88. The van der Waals surface area contributed by atoms with E-state index in [9.17, 15) is 0 Å². The van der Waals surface area contributed by atoms with Gasteiger partial charge in [-0.2, -0.15) is 9.97 Å². The summed E-state index contributed by atoms with van der Waals surface area (Å²) in [5.74, 6) is 1.35. The summed E-state index contributed by atoms with van der Waals surface area (Å²) in [5.41, 5.74) is 2.08. The molecule has 2 aromatic rings. The Labute approximate surface area is 106 Å². The van der Waals surface area contributed by atoms with Crippen LogP contribution < -0.4 is 14.8 Å². The van der Waals surface area contributed by atoms with Gasteiger partial charge in [0.05, 0.1) is 20.3 Å². The maximum atomic E-state index is 5.09. The lowest BCUT2D eigenvalue weighted by Gasteiger charge is -2.08. The monoisotopic (exact) mass is 245 g/mol. The van der Waals surface area contributed by atoms with Crippen LogP contribution in [0.15, 0.2) is 30.3 Å². The van der Waals surface area contributed by atoms with Crippen molar-refractivity contribution in [2.24, 2.45) is 0 Å². The highest BCUT2D eigenvalue weighted by molar-refractivity contribution is 5.55. The first-order chi connectivity index (χ1) is 8.71. The second-order valence-electron chi connectivity index (χ2n) is 3.77. The number of methoxy groups -OCH3 is 2. The van der Waals surface area contributed by atoms with E-state index in [-0.39, 0.29) is 0 Å². The highest BCUT2D eigenvalue weighted by atomic mass is 16.5. The number of rotatable bonds is 4. The van der Waals surface area contributed by atoms with E-state index < -0.39 is 0 Å². The predicted octanol–water partition coefficient (Wildman–Crippen LogP) is 2.55. The van der Waals surface area contributed by atoms with Gasteiger partial charge in [-0.25, -0.2) is 0 Å². The molecule has 94 valence electrons. The van der Waals surface area contributed by atoms with Gasteiger partial charge in [-0.15, -0.1) is 0 Å². The number of hydrogen-bond donors (Lipinski definition) is 1. The lowest BCUT2D eigenvalue weighted by atomic mass is 10.2. The maximum Gasteiger partial charge on any atom is 0.233 e. The predicted molar refractivity (Wildman–Crippen MR) is 69.6 cm³/mol. The van der Waals surface area contributed by atoms with E-state index in [2.05, 4.69) is 15.3 Å². The van der Waals surface area contributed by atoms with Crippen LogP contribution in [-0.4, -0.2) is 24.2 Å². The Bertz CT molecular complexity index is 521. The van der Waals surface area contributed by atoms with Gasteiger partial charge in [-0.05, 0) is 24.6 Å². The highest BCUT2D eigenvalue weighted by Crippen LogP contribution is 2.20. The molecular weight excluding hydrogens is 230 g/mol. The van der Waals surface area contributed by atoms with Crippen molar-refractivity contribution in [1.82, 2.24) is 9.97 Å². The molecule has 0 aliphatic carbocycles. The van der Waals surface area contributed by atoms with Crippen LogP contribution in [0.25, 0.3) is 0 Å². The van der Waals surface area contributed by atoms with Gasteiger partial charge in [0.1, 0.15) is 0 Å². The first kappa shape index (κ1) is 12.2. The molecule has 0 radical (unpaired) electrons. The van der Waals surface area contributed by atoms with Crippen LogP contribution in [0.2, 0.25) is 0 Å². The minimum Gasteiger partial charge on any atom is -0.481 e. The molecule has 0 saturated heterocycles. The fourth-order valence-corrected chi connectivity index (χ4v) is 1.52. The number of hydrogen-bond acceptors (Lipinski definition) is 5. The Hall–Kier alpha value is -2.30. The Morgan fingerprint density at radius 3 is 2.22 bits per heavy atom. The van der Waals surface area contributed by atoms with E-state index in [1.165, 1.54) is 0 Å². The molecule has 0 aliphatic heterocycles. The van der Waals surface area contributed by atoms with Crippen LogP contribution >= 0.6 is 0 Å². The Kier molecular flexibility index (Phi) is 3.62. The van der Waals surface area contributed by atoms with Crippen molar-refractivity contribution in [2.75, 3.05) is 19.5 Å². The Balaban J connectivity index is 2.28. The molecule has 1 heterocycles. The van der Waals surface area contributed by atoms with Crippen LogP contribution in [0.3, 0.4) is 0 Å². The molecule has 5 nitrogen and oxygen atoms in total. The summed E-state index contributed by atoms with van der Waals surface area (Å²) in [5, 5.41) is 3.11. The standard InChI is InChI=1S/C13H15N3O2/c1-9-5-4-6-10(7-9)14-13-15-11(17-2)8-12(16-13)18-3/h4-8H,1-3H3,(H,14,15,16). The maximum absolute atomic E-state index is 5.09. The molecule has 0 fully saturated rings. The molecule has 0 saturated carbocycles. The number of benzene rings is 1. The van der Waals surface area contributed by atoms with Gasteiger partial charge in [-0.1, -0.05) is 12.1 Å². The molecule has 0 unspecified atom stereocenters. The number of ether oxygens (including phenoxy) is 2. The normalized spacial score (nSPS) is 9.94. The van der Waals surface area contributed by atoms with E-state index in [1.807, 2.05) is 31.2 Å². The van der Waals surface area contributed by atoms with Crippen LogP contribution in [0.4, 0.5) is 11.6 Å². The fourth-order valence-electron chi connectivity index (χ4n) is 1.52. The summed E-state index contributed by atoms with van der Waals surface area (Å²) in [4.78, 5) is 8.40. The number of anilines is 2. The van der Waals surface area contributed by atoms with Crippen molar-refractivity contribution < 1.29 is 9.47 Å². The topological polar surface area (TPSA) is 56.3 Å². The van der Waals surface area contributed by atoms with E-state index in [0.29, 0.717) is 17.7 Å². The van der Waals surface area contributed by atoms with Crippen LogP contribution in [-0.2, 0) is 0 Å². The van der Waals surface area contributed by atoms with E-state index in [4.69, 9.17) is 9.47 Å². The van der Waals surface area contributed by atoms with E-state index in [1.54, 1.807) is 20.3 Å². The third-order valence-electron chi connectivity index (χ3n) is 2.37. The molecule has 0 spiro atoms. The van der Waals surface area contributed by atoms with Crippen molar-refractivity contribution in [1.29, 1.82) is 0 Å². The molecule has 5 heteroatoms. The summed E-state index contributed by atoms with van der Waals surface area (Å²) in [6.07, 6.45) is 0. The third-order valence-corrected chi connectivity index (χ3v) is 2.37. The van der Waals surface area contributed by atoms with Gasteiger partial charge in [0.2, 0.25) is 17.7 Å². The minimum absolute atomic E-state index is 0.441. The molecule has 0 aliphatic rings. The molecule has 1 aromatic heterocycles. The van der Waals surface area contributed by atoms with Crippen molar-refractivity contribution in [3.8, 4) is 11.8 Å². The molecule has 0 atom stereocenters. The zero-order chi connectivity index (χ0) is 13.0. The number of aromatic nitrogens is 2. The molecule has 2 rings (SSSR count). The molecule has 1 aromatic carbocycles. The van der Waals surface area contributed by atoms with Crippen LogP contribution in [0, 0.1) is 6.92 Å². The molecule has 0 amide bonds. The summed E-state index contributed by atoms with van der Waals surface area (Å²) < 4.78 is 10.2. The van der Waals surface area contributed by atoms with Gasteiger partial charge in [0.25, 0.3) is 0 Å². The van der Waals surface area contributed by atoms with Gasteiger partial charge in [-0.3, -0.25) is 0 Å². The minimum atomic E-state index is 0.441. The second kappa shape index (κ2) is 5.35. The molecular formula is C13H15N3O2. The lowest BCUT2D eigenvalue weighted by molar-refractivity contribution is 0.373. The van der Waals surface area contributed by atoms with Crippen molar-refractivity contribution >= 4 is 11.6 Å². The first-order valence-corrected chi connectivity index (χ1v) is 5.52. The van der Waals surface area contributed by atoms with Gasteiger partial charge in [0, 0.05) is 5.69 Å². The number of nitrogens with zero attached hydrogens (tertiary/aromatic N) is 2. The van der Waals surface area contributed by atoms with Crippen molar-refractivity contribution in [3.05, 3.63) is 35.9 Å². The zero-order valence-corrected chi connectivity index (χ0v) is 10.6. The highest BCUT2D eigenvalue weighted by Gasteiger charge is 2.05. The Morgan fingerprint density at radius 1 is 1.00 bits per heavy atom. The van der Waals surface area contributed by atoms with Crippen molar-refractivity contribution in [2.45, 2.75) is 6.92 Å². The van der Waals surface area contributed by atoms with Gasteiger partial charge >= 0.3 is 0 Å². The average Bonchev–Trinajstić information content (AvgIpc) is 2.38. The van der Waals surface area contributed by atoms with Gasteiger partial charge in [0.15, 0.2) is 0 Å².